The van der Waals surface area contributed by atoms with Crippen molar-refractivity contribution in [3.8, 4) is 11.5 Å². The van der Waals surface area contributed by atoms with E-state index in [2.05, 4.69) is 48.0 Å². The van der Waals surface area contributed by atoms with Crippen LogP contribution in [0.5, 0.6) is 11.5 Å². The number of piperidine rings is 1. The fourth-order valence-corrected chi connectivity index (χ4v) is 4.32. The molecule has 0 spiro atoms. The lowest BCUT2D eigenvalue weighted by Gasteiger charge is -2.28. The zero-order valence-electron chi connectivity index (χ0n) is 17.7. The average Bonchev–Trinajstić information content (AvgIpc) is 3.09. The Labute approximate surface area is 172 Å². The van der Waals surface area contributed by atoms with Gasteiger partial charge in [-0.25, -0.2) is 5.84 Å². The first-order valence-electron chi connectivity index (χ1n) is 10.1. The molecule has 1 aliphatic rings. The van der Waals surface area contributed by atoms with Gasteiger partial charge in [0.1, 0.15) is 0 Å². The molecule has 154 valence electrons. The van der Waals surface area contributed by atoms with Crippen LogP contribution >= 0.6 is 0 Å². The van der Waals surface area contributed by atoms with Gasteiger partial charge in [-0.1, -0.05) is 6.07 Å². The number of hydrazine groups is 1. The van der Waals surface area contributed by atoms with Gasteiger partial charge in [-0.05, 0) is 68.7 Å². The molecule has 1 aliphatic heterocycles. The highest BCUT2D eigenvalue weighted by molar-refractivity contribution is 5.88. The first kappa shape index (κ1) is 19.6. The van der Waals surface area contributed by atoms with Crippen LogP contribution in [-0.4, -0.2) is 43.8 Å². The highest BCUT2D eigenvalue weighted by Gasteiger charge is 2.22. The Balaban J connectivity index is 1.66. The van der Waals surface area contributed by atoms with Crippen LogP contribution < -0.4 is 20.3 Å². The van der Waals surface area contributed by atoms with Crippen LogP contribution in [0.1, 0.15) is 24.3 Å². The molecule has 6 nitrogen and oxygen atoms in total. The summed E-state index contributed by atoms with van der Waals surface area (Å²) >= 11 is 0. The lowest BCUT2D eigenvalue weighted by Crippen LogP contribution is -2.29. The summed E-state index contributed by atoms with van der Waals surface area (Å²) in [5.74, 6) is 8.43. The maximum absolute atomic E-state index is 6.46. The largest absolute Gasteiger partial charge is 0.493 e. The second kappa shape index (κ2) is 7.97. The molecule has 3 aromatic rings. The van der Waals surface area contributed by atoms with Crippen molar-refractivity contribution in [2.24, 2.45) is 12.9 Å². The average molecular weight is 395 g/mol. The van der Waals surface area contributed by atoms with Crippen molar-refractivity contribution in [2.45, 2.75) is 18.8 Å². The number of benzene rings is 2. The molecule has 1 fully saturated rings. The first-order valence-corrected chi connectivity index (χ1v) is 10.1. The minimum Gasteiger partial charge on any atom is -0.493 e. The van der Waals surface area contributed by atoms with E-state index in [0.29, 0.717) is 17.4 Å². The summed E-state index contributed by atoms with van der Waals surface area (Å²) in [6.07, 6.45) is 4.72. The van der Waals surface area contributed by atoms with E-state index in [1.54, 1.807) is 19.2 Å². The number of aryl methyl sites for hydroxylation is 1. The van der Waals surface area contributed by atoms with Crippen LogP contribution in [0, 0.1) is 0 Å². The van der Waals surface area contributed by atoms with Crippen LogP contribution in [0.2, 0.25) is 0 Å². The molecule has 1 saturated heterocycles. The molecule has 0 aliphatic carbocycles. The van der Waals surface area contributed by atoms with Crippen LogP contribution in [-0.2, 0) is 7.05 Å². The molecular weight excluding hydrogens is 364 g/mol. The van der Waals surface area contributed by atoms with Gasteiger partial charge in [-0.15, -0.1) is 0 Å². The molecule has 0 atom stereocenters. The van der Waals surface area contributed by atoms with Crippen LogP contribution in [0.25, 0.3) is 10.9 Å². The van der Waals surface area contributed by atoms with Crippen molar-refractivity contribution >= 4 is 22.3 Å². The summed E-state index contributed by atoms with van der Waals surface area (Å²) < 4.78 is 13.0. The topological polar surface area (TPSA) is 55.9 Å². The molecular formula is C23H30N4O2. The van der Waals surface area contributed by atoms with Crippen LogP contribution in [0.4, 0.5) is 11.4 Å². The predicted octanol–water partition coefficient (Wildman–Crippen LogP) is 4.02. The number of likely N-dealkylation sites (tertiary alicyclic amines) is 1. The fraction of sp³-hybridized carbons (Fsp3) is 0.391. The highest BCUT2D eigenvalue weighted by Crippen LogP contribution is 2.37. The zero-order valence-corrected chi connectivity index (χ0v) is 17.7. The number of methoxy groups -OCH3 is 2. The standard InChI is InChI=1S/C23H30N4O2/c1-25-11-9-16(10-12-25)20-15-26(2)21-13-17(5-7-19(20)21)27(24)18-6-8-22(28-3)23(14-18)29-4/h5-8,13-16H,9-12,24H2,1-4H3. The normalized spacial score (nSPS) is 15.6. The van der Waals surface area contributed by atoms with E-state index in [-0.39, 0.29) is 0 Å². The summed E-state index contributed by atoms with van der Waals surface area (Å²) in [7, 11) is 7.57. The Morgan fingerprint density at radius 3 is 2.28 bits per heavy atom. The number of nitrogens with zero attached hydrogens (tertiary/aromatic N) is 3. The predicted molar refractivity (Wildman–Crippen MR) is 118 cm³/mol. The highest BCUT2D eigenvalue weighted by atomic mass is 16.5. The minimum absolute atomic E-state index is 0.626. The minimum atomic E-state index is 0.626. The summed E-state index contributed by atoms with van der Waals surface area (Å²) in [6, 6.07) is 12.1. The molecule has 4 rings (SSSR count). The maximum atomic E-state index is 6.46. The molecule has 1 aromatic heterocycles. The molecule has 2 heterocycles. The SMILES string of the molecule is COc1ccc(N(N)c2ccc3c(C4CCN(C)CC4)cn(C)c3c2)cc1OC. The van der Waals surface area contributed by atoms with Gasteiger partial charge in [0.15, 0.2) is 11.5 Å². The second-order valence-electron chi connectivity index (χ2n) is 7.88. The Hall–Kier alpha value is -2.70. The van der Waals surface area contributed by atoms with Gasteiger partial charge in [-0.2, -0.15) is 0 Å². The molecule has 0 bridgehead atoms. The number of hydrogen-bond donors (Lipinski definition) is 1. The summed E-state index contributed by atoms with van der Waals surface area (Å²) in [6.45, 7) is 2.32. The quantitative estimate of drug-likeness (QED) is 0.523. The third kappa shape index (κ3) is 3.66. The second-order valence-corrected chi connectivity index (χ2v) is 7.88. The molecule has 0 radical (unpaired) electrons. The number of aromatic nitrogens is 1. The van der Waals surface area contributed by atoms with E-state index in [1.165, 1.54) is 29.3 Å². The van der Waals surface area contributed by atoms with Crippen molar-refractivity contribution in [3.63, 3.8) is 0 Å². The van der Waals surface area contributed by atoms with E-state index in [0.717, 1.165) is 24.5 Å². The molecule has 0 amide bonds. The van der Waals surface area contributed by atoms with Crippen molar-refractivity contribution in [3.05, 3.63) is 48.2 Å². The number of ether oxygens (including phenoxy) is 2. The van der Waals surface area contributed by atoms with E-state index < -0.39 is 0 Å². The van der Waals surface area contributed by atoms with Gasteiger partial charge in [0.25, 0.3) is 0 Å². The Bertz CT molecular complexity index is 1010. The summed E-state index contributed by atoms with van der Waals surface area (Å²) in [5, 5.41) is 3.01. The monoisotopic (exact) mass is 394 g/mol. The van der Waals surface area contributed by atoms with Crippen molar-refractivity contribution in [1.82, 2.24) is 9.47 Å². The van der Waals surface area contributed by atoms with Crippen molar-refractivity contribution in [1.29, 1.82) is 0 Å². The van der Waals surface area contributed by atoms with E-state index in [1.807, 2.05) is 18.2 Å². The molecule has 29 heavy (non-hydrogen) atoms. The number of fused-ring (bicyclic) bond motifs is 1. The van der Waals surface area contributed by atoms with E-state index in [9.17, 15) is 0 Å². The van der Waals surface area contributed by atoms with Gasteiger partial charge in [0, 0.05) is 24.7 Å². The fourth-order valence-electron chi connectivity index (χ4n) is 4.32. The van der Waals surface area contributed by atoms with Gasteiger partial charge >= 0.3 is 0 Å². The van der Waals surface area contributed by atoms with Crippen LogP contribution in [0.3, 0.4) is 0 Å². The maximum Gasteiger partial charge on any atom is 0.162 e. The number of nitrogens with two attached hydrogens (primary N) is 1. The summed E-state index contributed by atoms with van der Waals surface area (Å²) in [5.41, 5.74) is 4.43. The molecule has 0 unspecified atom stereocenters. The summed E-state index contributed by atoms with van der Waals surface area (Å²) in [4.78, 5) is 2.41. The molecule has 2 N–H and O–H groups in total. The molecule has 2 aromatic carbocycles. The van der Waals surface area contributed by atoms with Crippen molar-refractivity contribution < 1.29 is 9.47 Å². The molecule has 0 saturated carbocycles. The molecule has 6 heteroatoms. The lowest BCUT2D eigenvalue weighted by molar-refractivity contribution is 0.256. The lowest BCUT2D eigenvalue weighted by atomic mass is 9.89. The third-order valence-corrected chi connectivity index (χ3v) is 6.09. The van der Waals surface area contributed by atoms with Gasteiger partial charge in [0.2, 0.25) is 0 Å². The zero-order chi connectivity index (χ0) is 20.5. The Morgan fingerprint density at radius 2 is 1.59 bits per heavy atom. The Kier molecular flexibility index (Phi) is 5.39. The van der Waals surface area contributed by atoms with Gasteiger partial charge < -0.3 is 18.9 Å². The third-order valence-electron chi connectivity index (χ3n) is 6.09. The first-order chi connectivity index (χ1) is 14.0. The van der Waals surface area contributed by atoms with Crippen LogP contribution in [0.15, 0.2) is 42.6 Å². The van der Waals surface area contributed by atoms with Gasteiger partial charge in [-0.3, -0.25) is 5.01 Å². The van der Waals surface area contributed by atoms with E-state index >= 15 is 0 Å². The van der Waals surface area contributed by atoms with Crippen molar-refractivity contribution in [2.75, 3.05) is 39.4 Å². The smallest absolute Gasteiger partial charge is 0.162 e. The number of hydrogen-bond acceptors (Lipinski definition) is 5. The Morgan fingerprint density at radius 1 is 0.931 bits per heavy atom. The van der Waals surface area contributed by atoms with Gasteiger partial charge in [0.05, 0.1) is 31.1 Å². The number of rotatable bonds is 5. The van der Waals surface area contributed by atoms with E-state index in [4.69, 9.17) is 15.3 Å². The number of anilines is 2.